The van der Waals surface area contributed by atoms with E-state index in [9.17, 15) is 21.6 Å². The van der Waals surface area contributed by atoms with Gasteiger partial charge in [-0.05, 0) is 85.6 Å². The van der Waals surface area contributed by atoms with E-state index in [2.05, 4.69) is 10.0 Å². The first kappa shape index (κ1) is 28.2. The van der Waals surface area contributed by atoms with Gasteiger partial charge in [-0.2, -0.15) is 0 Å². The molecule has 0 saturated heterocycles. The van der Waals surface area contributed by atoms with Crippen molar-refractivity contribution in [1.82, 2.24) is 0 Å². The molecule has 202 valence electrons. The molecule has 11 heteroatoms. The number of nitrogens with zero attached hydrogens (tertiary/aromatic N) is 1. The minimum atomic E-state index is -4.05. The van der Waals surface area contributed by atoms with Crippen LogP contribution in [0.15, 0.2) is 107 Å². The molecule has 0 heterocycles. The highest BCUT2D eigenvalue weighted by atomic mass is 35.5. The lowest BCUT2D eigenvalue weighted by Crippen LogP contribution is -2.38. The average Bonchev–Trinajstić information content (AvgIpc) is 2.90. The van der Waals surface area contributed by atoms with Gasteiger partial charge in [0.05, 0.1) is 21.2 Å². The Balaban J connectivity index is 1.53. The smallest absolute Gasteiger partial charge is 0.264 e. The summed E-state index contributed by atoms with van der Waals surface area (Å²) in [4.78, 5) is 13.0. The summed E-state index contributed by atoms with van der Waals surface area (Å²) in [5.74, 6) is -0.598. The molecule has 0 radical (unpaired) electrons. The Bertz CT molecular complexity index is 1710. The second-order valence-electron chi connectivity index (χ2n) is 8.75. The van der Waals surface area contributed by atoms with Gasteiger partial charge in [0.15, 0.2) is 0 Å². The Hall–Kier alpha value is -3.86. The second-order valence-corrected chi connectivity index (χ2v) is 12.7. The van der Waals surface area contributed by atoms with Gasteiger partial charge in [0.1, 0.15) is 6.54 Å². The first-order valence-corrected chi connectivity index (χ1v) is 15.1. The number of hydrogen-bond donors (Lipinski definition) is 2. The Labute approximate surface area is 233 Å². The fourth-order valence-corrected chi connectivity index (χ4v) is 6.52. The van der Waals surface area contributed by atoms with E-state index in [-0.39, 0.29) is 9.79 Å². The minimum Gasteiger partial charge on any atom is -0.325 e. The van der Waals surface area contributed by atoms with Gasteiger partial charge in [-0.1, -0.05) is 48.0 Å². The van der Waals surface area contributed by atoms with E-state index in [1.54, 1.807) is 61.5 Å². The van der Waals surface area contributed by atoms with Gasteiger partial charge in [-0.25, -0.2) is 16.8 Å². The molecular formula is C28H26ClN3O5S2. The van der Waals surface area contributed by atoms with Gasteiger partial charge >= 0.3 is 0 Å². The number of sulfonamides is 2. The number of hydrogen-bond acceptors (Lipinski definition) is 5. The van der Waals surface area contributed by atoms with Crippen LogP contribution in [0.1, 0.15) is 11.1 Å². The highest BCUT2D eigenvalue weighted by Crippen LogP contribution is 2.27. The Morgan fingerprint density at radius 2 is 1.46 bits per heavy atom. The molecule has 4 rings (SSSR count). The number of rotatable bonds is 9. The summed E-state index contributed by atoms with van der Waals surface area (Å²) in [6, 6.07) is 25.2. The number of anilines is 3. The fourth-order valence-electron chi connectivity index (χ4n) is 3.79. The van der Waals surface area contributed by atoms with Crippen molar-refractivity contribution < 1.29 is 21.6 Å². The molecule has 8 nitrogen and oxygen atoms in total. The van der Waals surface area contributed by atoms with Crippen LogP contribution in [0.3, 0.4) is 0 Å². The maximum absolute atomic E-state index is 13.4. The highest BCUT2D eigenvalue weighted by Gasteiger charge is 2.27. The van der Waals surface area contributed by atoms with E-state index < -0.39 is 32.5 Å². The summed E-state index contributed by atoms with van der Waals surface area (Å²) in [6.07, 6.45) is 0. The van der Waals surface area contributed by atoms with Gasteiger partial charge in [0.2, 0.25) is 5.91 Å². The average molecular weight is 584 g/mol. The van der Waals surface area contributed by atoms with Crippen LogP contribution >= 0.6 is 11.6 Å². The molecular weight excluding hydrogens is 558 g/mol. The van der Waals surface area contributed by atoms with Crippen molar-refractivity contribution in [2.24, 2.45) is 0 Å². The lowest BCUT2D eigenvalue weighted by atomic mass is 10.2. The number of carbonyl (C=O) groups is 1. The molecule has 0 bridgehead atoms. The molecule has 0 aliphatic rings. The summed E-state index contributed by atoms with van der Waals surface area (Å²) in [6.45, 7) is 3.04. The van der Waals surface area contributed by atoms with Gasteiger partial charge in [-0.15, -0.1) is 0 Å². The Morgan fingerprint density at radius 1 is 0.795 bits per heavy atom. The molecule has 0 aliphatic carbocycles. The van der Waals surface area contributed by atoms with E-state index in [0.29, 0.717) is 27.6 Å². The number of amides is 1. The van der Waals surface area contributed by atoms with Crippen LogP contribution in [0, 0.1) is 13.8 Å². The predicted octanol–water partition coefficient (Wildman–Crippen LogP) is 5.59. The summed E-state index contributed by atoms with van der Waals surface area (Å²) >= 11 is 6.09. The molecule has 4 aromatic carbocycles. The van der Waals surface area contributed by atoms with Crippen LogP contribution in [0.5, 0.6) is 0 Å². The van der Waals surface area contributed by atoms with Gasteiger partial charge in [-0.3, -0.25) is 13.8 Å². The standard InChI is InChI=1S/C28H26ClN3O5S2/c1-20-8-6-9-23(18-20)32(39(36,37)25-10-4-3-5-11-25)19-28(33)30-22-14-16-24(17-15-22)38(34,35)31-27-13-7-12-26(29)21(27)2/h3-18,31H,19H2,1-2H3,(H,30,33). The largest absolute Gasteiger partial charge is 0.325 e. The van der Waals surface area contributed by atoms with E-state index in [0.717, 1.165) is 9.87 Å². The second kappa shape index (κ2) is 11.5. The third-order valence-corrected chi connectivity index (χ3v) is 9.45. The lowest BCUT2D eigenvalue weighted by molar-refractivity contribution is -0.114. The predicted molar refractivity (Wildman–Crippen MR) is 154 cm³/mol. The number of benzene rings is 4. The van der Waals surface area contributed by atoms with Gasteiger partial charge in [0, 0.05) is 10.7 Å². The molecule has 0 fully saturated rings. The van der Waals surface area contributed by atoms with Crippen molar-refractivity contribution in [3.63, 3.8) is 0 Å². The monoisotopic (exact) mass is 583 g/mol. The molecule has 0 aromatic heterocycles. The van der Waals surface area contributed by atoms with Crippen LogP contribution in [-0.2, 0) is 24.8 Å². The topological polar surface area (TPSA) is 113 Å². The normalized spacial score (nSPS) is 11.6. The number of carbonyl (C=O) groups excluding carboxylic acids is 1. The zero-order chi connectivity index (χ0) is 28.2. The molecule has 1 amide bonds. The molecule has 4 aromatic rings. The van der Waals surface area contributed by atoms with E-state index in [1.807, 2.05) is 13.0 Å². The maximum Gasteiger partial charge on any atom is 0.264 e. The van der Waals surface area contributed by atoms with Crippen molar-refractivity contribution in [3.05, 3.63) is 113 Å². The summed E-state index contributed by atoms with van der Waals surface area (Å²) < 4.78 is 56.2. The molecule has 0 atom stereocenters. The van der Waals surface area contributed by atoms with Crippen LogP contribution in [0.4, 0.5) is 17.1 Å². The molecule has 0 aliphatic heterocycles. The Kier molecular flexibility index (Phi) is 8.29. The summed E-state index contributed by atoms with van der Waals surface area (Å²) in [5.41, 5.74) is 2.43. The van der Waals surface area contributed by atoms with Gasteiger partial charge in [0.25, 0.3) is 20.0 Å². The van der Waals surface area contributed by atoms with E-state index in [1.165, 1.54) is 36.4 Å². The van der Waals surface area contributed by atoms with Crippen LogP contribution in [0.25, 0.3) is 0 Å². The lowest BCUT2D eigenvalue weighted by Gasteiger charge is -2.24. The highest BCUT2D eigenvalue weighted by molar-refractivity contribution is 7.93. The van der Waals surface area contributed by atoms with Crippen molar-refractivity contribution in [3.8, 4) is 0 Å². The van der Waals surface area contributed by atoms with Crippen LogP contribution in [0.2, 0.25) is 5.02 Å². The summed E-state index contributed by atoms with van der Waals surface area (Å²) in [5, 5.41) is 3.08. The van der Waals surface area contributed by atoms with Crippen molar-refractivity contribution in [2.45, 2.75) is 23.6 Å². The third-order valence-electron chi connectivity index (χ3n) is 5.87. The summed E-state index contributed by atoms with van der Waals surface area (Å²) in [7, 11) is -7.96. The molecule has 0 saturated carbocycles. The Morgan fingerprint density at radius 3 is 2.13 bits per heavy atom. The van der Waals surface area contributed by atoms with Crippen molar-refractivity contribution >= 4 is 54.6 Å². The van der Waals surface area contributed by atoms with Gasteiger partial charge < -0.3 is 5.32 Å². The molecule has 2 N–H and O–H groups in total. The van der Waals surface area contributed by atoms with Crippen molar-refractivity contribution in [2.75, 3.05) is 20.9 Å². The third kappa shape index (κ3) is 6.59. The number of halogens is 1. The van der Waals surface area contributed by atoms with E-state index >= 15 is 0 Å². The fraction of sp³-hybridized carbons (Fsp3) is 0.107. The zero-order valence-corrected chi connectivity index (χ0v) is 23.5. The SMILES string of the molecule is Cc1cccc(N(CC(=O)Nc2ccc(S(=O)(=O)Nc3cccc(Cl)c3C)cc2)S(=O)(=O)c2ccccc2)c1. The molecule has 0 spiro atoms. The maximum atomic E-state index is 13.4. The first-order chi connectivity index (χ1) is 18.5. The number of nitrogens with one attached hydrogen (secondary N) is 2. The first-order valence-electron chi connectivity index (χ1n) is 11.8. The minimum absolute atomic E-state index is 0.0204. The quantitative estimate of drug-likeness (QED) is 0.267. The van der Waals surface area contributed by atoms with Crippen LogP contribution < -0.4 is 14.3 Å². The van der Waals surface area contributed by atoms with Crippen molar-refractivity contribution in [1.29, 1.82) is 0 Å². The van der Waals surface area contributed by atoms with E-state index in [4.69, 9.17) is 11.6 Å². The number of aryl methyl sites for hydroxylation is 1. The molecule has 39 heavy (non-hydrogen) atoms. The van der Waals surface area contributed by atoms with Crippen LogP contribution in [-0.4, -0.2) is 29.3 Å². The zero-order valence-electron chi connectivity index (χ0n) is 21.1. The molecule has 0 unspecified atom stereocenters.